The van der Waals surface area contributed by atoms with E-state index >= 15 is 0 Å². The Morgan fingerprint density at radius 1 is 1.22 bits per heavy atom. The number of rotatable bonds is 4. The molecule has 9 nitrogen and oxygen atoms in total. The van der Waals surface area contributed by atoms with Gasteiger partial charge in [-0.25, -0.2) is 18.8 Å². The van der Waals surface area contributed by atoms with E-state index in [-0.39, 0.29) is 11.3 Å². The van der Waals surface area contributed by atoms with E-state index in [2.05, 4.69) is 10.2 Å². The molecule has 3 aromatic rings. The number of hydrogen-bond donors (Lipinski definition) is 2. The van der Waals surface area contributed by atoms with Crippen LogP contribution in [0.1, 0.15) is 22.3 Å². The molecule has 32 heavy (non-hydrogen) atoms. The first kappa shape index (κ1) is 20.0. The van der Waals surface area contributed by atoms with Crippen LogP contribution in [0.3, 0.4) is 0 Å². The summed E-state index contributed by atoms with van der Waals surface area (Å²) >= 11 is 0. The zero-order valence-electron chi connectivity index (χ0n) is 16.8. The Kier molecular flexibility index (Phi) is 4.80. The second kappa shape index (κ2) is 7.66. The first-order valence-corrected chi connectivity index (χ1v) is 9.65. The fourth-order valence-electron chi connectivity index (χ4n) is 3.89. The molecule has 0 aliphatic carbocycles. The van der Waals surface area contributed by atoms with Gasteiger partial charge in [-0.1, -0.05) is 0 Å². The number of nitrogens with one attached hydrogen (secondary N) is 1. The Labute approximate surface area is 180 Å². The van der Waals surface area contributed by atoms with Crippen molar-refractivity contribution in [3.8, 4) is 17.1 Å². The lowest BCUT2D eigenvalue weighted by Crippen LogP contribution is -2.18. The maximum atomic E-state index is 13.4. The summed E-state index contributed by atoms with van der Waals surface area (Å²) in [6, 6.07) is 8.63. The van der Waals surface area contributed by atoms with Crippen molar-refractivity contribution >= 4 is 28.7 Å². The smallest absolute Gasteiger partial charge is 0.412 e. The van der Waals surface area contributed by atoms with Gasteiger partial charge in [-0.15, -0.1) is 0 Å². The minimum atomic E-state index is -1.26. The fraction of sp³-hybridized carbons (Fsp3) is 0.182. The normalized spacial score (nSPS) is 17.4. The molecule has 10 heteroatoms. The molecule has 164 valence electrons. The van der Waals surface area contributed by atoms with Crippen LogP contribution in [0.15, 0.2) is 46.4 Å². The van der Waals surface area contributed by atoms with E-state index in [4.69, 9.17) is 24.5 Å². The number of primary amides is 1. The second-order valence-electron chi connectivity index (χ2n) is 7.14. The van der Waals surface area contributed by atoms with Crippen LogP contribution in [0.4, 0.5) is 9.18 Å². The summed E-state index contributed by atoms with van der Waals surface area (Å²) in [5.74, 6) is -0.938. The summed E-state index contributed by atoms with van der Waals surface area (Å²) in [4.78, 5) is 29.4. The van der Waals surface area contributed by atoms with E-state index in [1.165, 1.54) is 31.4 Å². The third kappa shape index (κ3) is 3.26. The number of carbonyl (C=O) groups is 2. The average molecular weight is 440 g/mol. The highest BCUT2D eigenvalue weighted by molar-refractivity contribution is 6.11. The Bertz CT molecular complexity index is 1280. The molecule has 2 aromatic carbocycles. The number of hydroxylamine groups is 1. The predicted molar refractivity (Wildman–Crippen MR) is 109 cm³/mol. The minimum absolute atomic E-state index is 0.0365. The predicted octanol–water partition coefficient (Wildman–Crippen LogP) is 3.48. The van der Waals surface area contributed by atoms with E-state index in [1.807, 2.05) is 0 Å². The number of ether oxygens (including phenoxy) is 3. The van der Waals surface area contributed by atoms with Crippen molar-refractivity contribution in [1.29, 1.82) is 0 Å². The molecule has 1 unspecified atom stereocenters. The quantitative estimate of drug-likeness (QED) is 0.467. The minimum Gasteiger partial charge on any atom is -0.496 e. The molecular formula is C22H17FN2O7. The van der Waals surface area contributed by atoms with Crippen molar-refractivity contribution in [2.24, 2.45) is 5.73 Å². The number of benzene rings is 2. The molecule has 1 atom stereocenters. The highest BCUT2D eigenvalue weighted by Gasteiger charge is 2.35. The van der Waals surface area contributed by atoms with Crippen LogP contribution in [0, 0.1) is 5.82 Å². The Morgan fingerprint density at radius 2 is 2.00 bits per heavy atom. The summed E-state index contributed by atoms with van der Waals surface area (Å²) in [7, 11) is 1.48. The topological polar surface area (TPSA) is 122 Å². The van der Waals surface area contributed by atoms with E-state index in [0.717, 1.165) is 5.57 Å². The van der Waals surface area contributed by atoms with Crippen LogP contribution in [0.5, 0.6) is 5.75 Å². The van der Waals surface area contributed by atoms with Crippen molar-refractivity contribution in [2.45, 2.75) is 12.7 Å². The van der Waals surface area contributed by atoms with Gasteiger partial charge in [-0.05, 0) is 42.8 Å². The molecule has 5 rings (SSSR count). The Hall–Kier alpha value is -3.89. The molecule has 0 bridgehead atoms. The maximum Gasteiger partial charge on any atom is 0.412 e. The molecule has 3 heterocycles. The highest BCUT2D eigenvalue weighted by Crippen LogP contribution is 2.42. The number of hydrogen-bond acceptors (Lipinski definition) is 8. The van der Waals surface area contributed by atoms with Gasteiger partial charge in [0.25, 0.3) is 0 Å². The SMILES string of the molecule is COc1cc2c(C(=O)OC(N)=O)c(-c3ccc(F)cc3)oc2cc1C1=C2CCOC2ON1. The molecule has 0 saturated carbocycles. The largest absolute Gasteiger partial charge is 0.496 e. The van der Waals surface area contributed by atoms with Crippen LogP contribution in [0.25, 0.3) is 28.0 Å². The summed E-state index contributed by atoms with van der Waals surface area (Å²) < 4.78 is 35.1. The molecular weight excluding hydrogens is 423 g/mol. The Morgan fingerprint density at radius 3 is 2.72 bits per heavy atom. The lowest BCUT2D eigenvalue weighted by atomic mass is 10.0. The molecule has 1 fully saturated rings. The number of esters is 1. The van der Waals surface area contributed by atoms with Gasteiger partial charge in [-0.2, -0.15) is 0 Å². The van der Waals surface area contributed by atoms with Crippen LogP contribution >= 0.6 is 0 Å². The number of amides is 1. The Balaban J connectivity index is 1.73. The summed E-state index contributed by atoms with van der Waals surface area (Å²) in [6.45, 7) is 0.536. The number of methoxy groups -OCH3 is 1. The molecule has 2 aliphatic rings. The van der Waals surface area contributed by atoms with Crippen LogP contribution in [0.2, 0.25) is 0 Å². The lowest BCUT2D eigenvalue weighted by molar-refractivity contribution is -0.109. The molecule has 0 radical (unpaired) electrons. The zero-order chi connectivity index (χ0) is 22.4. The van der Waals surface area contributed by atoms with Crippen molar-refractivity contribution < 1.29 is 37.4 Å². The number of nitrogens with two attached hydrogens (primary N) is 1. The number of furan rings is 1. The molecule has 1 amide bonds. The summed E-state index contributed by atoms with van der Waals surface area (Å²) in [6.07, 6.45) is -1.05. The first-order valence-electron chi connectivity index (χ1n) is 9.65. The van der Waals surface area contributed by atoms with Crippen LogP contribution < -0.4 is 16.0 Å². The standard InChI is InChI=1S/C22H17FN2O7/c1-28-15-8-13-16(9-14(15)18-12-6-7-29-21(12)32-25-18)30-19(10-2-4-11(23)5-3-10)17(13)20(26)31-22(24)27/h2-5,8-9,21,25H,6-7H2,1H3,(H2,24,27). The van der Waals surface area contributed by atoms with Gasteiger partial charge >= 0.3 is 12.1 Å². The maximum absolute atomic E-state index is 13.4. The van der Waals surface area contributed by atoms with Gasteiger partial charge in [0.2, 0.25) is 6.29 Å². The molecule has 1 aromatic heterocycles. The summed E-state index contributed by atoms with van der Waals surface area (Å²) in [5, 5.41) is 0.333. The van der Waals surface area contributed by atoms with E-state index in [1.54, 1.807) is 12.1 Å². The van der Waals surface area contributed by atoms with Gasteiger partial charge in [0.05, 0.1) is 19.4 Å². The van der Waals surface area contributed by atoms with Crippen molar-refractivity contribution in [3.05, 3.63) is 58.9 Å². The van der Waals surface area contributed by atoms with Crippen molar-refractivity contribution in [3.63, 3.8) is 0 Å². The van der Waals surface area contributed by atoms with Gasteiger partial charge in [0, 0.05) is 22.1 Å². The summed E-state index contributed by atoms with van der Waals surface area (Å²) in [5.41, 5.74) is 10.8. The highest BCUT2D eigenvalue weighted by atomic mass is 19.1. The van der Waals surface area contributed by atoms with E-state index in [0.29, 0.717) is 46.6 Å². The number of carbonyl (C=O) groups excluding carboxylic acids is 2. The van der Waals surface area contributed by atoms with Gasteiger partial charge in [0.15, 0.2) is 0 Å². The molecule has 0 spiro atoms. The third-order valence-electron chi connectivity index (χ3n) is 5.30. The number of fused-ring (bicyclic) bond motifs is 2. The van der Waals surface area contributed by atoms with E-state index in [9.17, 15) is 14.0 Å². The van der Waals surface area contributed by atoms with Crippen molar-refractivity contribution in [2.75, 3.05) is 13.7 Å². The number of halogens is 1. The van der Waals surface area contributed by atoms with E-state index < -0.39 is 24.2 Å². The fourth-order valence-corrected chi connectivity index (χ4v) is 3.89. The van der Waals surface area contributed by atoms with Crippen LogP contribution in [-0.2, 0) is 14.3 Å². The van der Waals surface area contributed by atoms with Gasteiger partial charge in [-0.3, -0.25) is 5.48 Å². The van der Waals surface area contributed by atoms with Gasteiger partial charge < -0.3 is 24.4 Å². The third-order valence-corrected chi connectivity index (χ3v) is 5.30. The molecule has 1 saturated heterocycles. The van der Waals surface area contributed by atoms with Gasteiger partial charge in [0.1, 0.15) is 28.5 Å². The average Bonchev–Trinajstić information content (AvgIpc) is 3.46. The monoisotopic (exact) mass is 440 g/mol. The lowest BCUT2D eigenvalue weighted by Gasteiger charge is -2.11. The second-order valence-corrected chi connectivity index (χ2v) is 7.14. The van der Waals surface area contributed by atoms with Crippen molar-refractivity contribution in [1.82, 2.24) is 5.48 Å². The molecule has 2 aliphatic heterocycles. The first-order chi connectivity index (χ1) is 15.5. The molecule has 3 N–H and O–H groups in total. The van der Waals surface area contributed by atoms with Crippen LogP contribution in [-0.4, -0.2) is 32.1 Å². The zero-order valence-corrected chi connectivity index (χ0v) is 16.8.